The molecule has 9 heteroatoms. The van der Waals surface area contributed by atoms with E-state index in [9.17, 15) is 19.1 Å². The van der Waals surface area contributed by atoms with Gasteiger partial charge in [-0.15, -0.1) is 0 Å². The molecule has 3 rings (SSSR count). The van der Waals surface area contributed by atoms with Crippen LogP contribution >= 0.6 is 0 Å². The average Bonchev–Trinajstić information content (AvgIpc) is 3.22. The molecule has 27 heavy (non-hydrogen) atoms. The topological polar surface area (TPSA) is 98.4 Å². The third-order valence-corrected chi connectivity index (χ3v) is 4.29. The number of phenols is 1. The SMILES string of the molecule is COC(=O)c1cc2c(F)c(O)ccc2n1CC(=O)NCCn1ccnc1C. The first kappa shape index (κ1) is 18.4. The van der Waals surface area contributed by atoms with E-state index in [1.54, 1.807) is 6.20 Å². The van der Waals surface area contributed by atoms with Crippen LogP contribution in [0.3, 0.4) is 0 Å². The van der Waals surface area contributed by atoms with Crippen molar-refractivity contribution in [3.05, 3.63) is 47.9 Å². The van der Waals surface area contributed by atoms with Crippen LogP contribution in [0.15, 0.2) is 30.6 Å². The summed E-state index contributed by atoms with van der Waals surface area (Å²) in [4.78, 5) is 28.5. The van der Waals surface area contributed by atoms with Crippen molar-refractivity contribution >= 4 is 22.8 Å². The molecule has 0 bridgehead atoms. The van der Waals surface area contributed by atoms with Crippen molar-refractivity contribution < 1.29 is 23.8 Å². The summed E-state index contributed by atoms with van der Waals surface area (Å²) in [5, 5.41) is 12.3. The van der Waals surface area contributed by atoms with E-state index in [4.69, 9.17) is 4.74 Å². The predicted molar refractivity (Wildman–Crippen MR) is 94.9 cm³/mol. The number of aryl methyl sites for hydroxylation is 1. The van der Waals surface area contributed by atoms with Crippen LogP contribution in [0.25, 0.3) is 10.9 Å². The highest BCUT2D eigenvalue weighted by Crippen LogP contribution is 2.28. The van der Waals surface area contributed by atoms with Crippen molar-refractivity contribution in [2.45, 2.75) is 20.0 Å². The first-order chi connectivity index (χ1) is 12.9. The van der Waals surface area contributed by atoms with Gasteiger partial charge in [-0.05, 0) is 25.1 Å². The lowest BCUT2D eigenvalue weighted by Gasteiger charge is -2.11. The van der Waals surface area contributed by atoms with Gasteiger partial charge in [-0.2, -0.15) is 0 Å². The largest absolute Gasteiger partial charge is 0.505 e. The zero-order valence-corrected chi connectivity index (χ0v) is 14.9. The number of phenolic OH excluding ortho intramolecular Hbond substituents is 1. The number of fused-ring (bicyclic) bond motifs is 1. The monoisotopic (exact) mass is 374 g/mol. The zero-order valence-electron chi connectivity index (χ0n) is 14.9. The highest BCUT2D eigenvalue weighted by atomic mass is 19.1. The Kier molecular flexibility index (Phi) is 5.11. The first-order valence-electron chi connectivity index (χ1n) is 8.25. The van der Waals surface area contributed by atoms with Crippen molar-refractivity contribution in [3.63, 3.8) is 0 Å². The van der Waals surface area contributed by atoms with Crippen LogP contribution in [0.5, 0.6) is 5.75 Å². The number of rotatable bonds is 6. The van der Waals surface area contributed by atoms with Gasteiger partial charge < -0.3 is 24.3 Å². The van der Waals surface area contributed by atoms with Crippen LogP contribution < -0.4 is 5.32 Å². The summed E-state index contributed by atoms with van der Waals surface area (Å²) in [5.74, 6) is -1.59. The molecule has 3 aromatic rings. The maximum atomic E-state index is 14.2. The lowest BCUT2D eigenvalue weighted by molar-refractivity contribution is -0.121. The van der Waals surface area contributed by atoms with Crippen molar-refractivity contribution in [2.75, 3.05) is 13.7 Å². The van der Waals surface area contributed by atoms with Crippen LogP contribution in [-0.2, 0) is 22.6 Å². The summed E-state index contributed by atoms with van der Waals surface area (Å²) in [7, 11) is 1.20. The highest BCUT2D eigenvalue weighted by Gasteiger charge is 2.21. The quantitative estimate of drug-likeness (QED) is 0.639. The lowest BCUT2D eigenvalue weighted by atomic mass is 10.2. The molecule has 0 fully saturated rings. The van der Waals surface area contributed by atoms with Gasteiger partial charge in [-0.25, -0.2) is 14.2 Å². The van der Waals surface area contributed by atoms with Gasteiger partial charge in [-0.3, -0.25) is 4.79 Å². The molecule has 2 aromatic heterocycles. The Hall–Kier alpha value is -3.36. The Labute approximate surface area is 154 Å². The summed E-state index contributed by atoms with van der Waals surface area (Å²) in [6.07, 6.45) is 3.49. The minimum absolute atomic E-state index is 0.0256. The number of imidazole rings is 1. The smallest absolute Gasteiger partial charge is 0.354 e. The fraction of sp³-hybridized carbons (Fsp3) is 0.278. The number of methoxy groups -OCH3 is 1. The number of esters is 1. The molecule has 1 amide bonds. The van der Waals surface area contributed by atoms with Crippen LogP contribution in [-0.4, -0.2) is 44.8 Å². The fourth-order valence-electron chi connectivity index (χ4n) is 2.89. The van der Waals surface area contributed by atoms with Crippen LogP contribution in [0.4, 0.5) is 4.39 Å². The Morgan fingerprint density at radius 2 is 2.15 bits per heavy atom. The minimum Gasteiger partial charge on any atom is -0.505 e. The molecule has 0 unspecified atom stereocenters. The van der Waals surface area contributed by atoms with Crippen molar-refractivity contribution in [1.29, 1.82) is 0 Å². The van der Waals surface area contributed by atoms with Gasteiger partial charge >= 0.3 is 5.97 Å². The van der Waals surface area contributed by atoms with E-state index in [1.165, 1.54) is 29.9 Å². The molecule has 2 heterocycles. The van der Waals surface area contributed by atoms with Crippen molar-refractivity contribution in [2.24, 2.45) is 0 Å². The maximum Gasteiger partial charge on any atom is 0.354 e. The number of carbonyl (C=O) groups excluding carboxylic acids is 2. The molecule has 1 aromatic carbocycles. The van der Waals surface area contributed by atoms with Crippen LogP contribution in [0, 0.1) is 12.7 Å². The number of amides is 1. The second-order valence-corrected chi connectivity index (χ2v) is 5.96. The summed E-state index contributed by atoms with van der Waals surface area (Å²) in [5.41, 5.74) is 0.337. The molecule has 0 saturated carbocycles. The molecular weight excluding hydrogens is 355 g/mol. The van der Waals surface area contributed by atoms with Gasteiger partial charge in [-0.1, -0.05) is 0 Å². The Bertz CT molecular complexity index is 1010. The number of hydrogen-bond donors (Lipinski definition) is 2. The third kappa shape index (κ3) is 3.62. The van der Waals surface area contributed by atoms with Gasteiger partial charge in [0.15, 0.2) is 11.6 Å². The Morgan fingerprint density at radius 3 is 2.81 bits per heavy atom. The zero-order chi connectivity index (χ0) is 19.6. The molecule has 142 valence electrons. The first-order valence-corrected chi connectivity index (χ1v) is 8.25. The molecule has 0 aliphatic carbocycles. The third-order valence-electron chi connectivity index (χ3n) is 4.29. The van der Waals surface area contributed by atoms with E-state index in [0.29, 0.717) is 18.6 Å². The van der Waals surface area contributed by atoms with E-state index < -0.39 is 17.5 Å². The number of nitrogens with one attached hydrogen (secondary N) is 1. The molecule has 0 atom stereocenters. The second-order valence-electron chi connectivity index (χ2n) is 5.96. The van der Waals surface area contributed by atoms with Crippen molar-refractivity contribution in [1.82, 2.24) is 19.4 Å². The number of halogens is 1. The van der Waals surface area contributed by atoms with Crippen LogP contribution in [0.2, 0.25) is 0 Å². The van der Waals surface area contributed by atoms with Gasteiger partial charge in [0.25, 0.3) is 0 Å². The minimum atomic E-state index is -0.854. The van der Waals surface area contributed by atoms with Gasteiger partial charge in [0.05, 0.1) is 12.6 Å². The normalized spacial score (nSPS) is 10.9. The summed E-state index contributed by atoms with van der Waals surface area (Å²) < 4.78 is 22.1. The number of ether oxygens (including phenoxy) is 1. The second kappa shape index (κ2) is 7.48. The molecule has 0 aliphatic rings. The fourth-order valence-corrected chi connectivity index (χ4v) is 2.89. The Balaban J connectivity index is 1.80. The van der Waals surface area contributed by atoms with E-state index in [0.717, 1.165) is 5.82 Å². The molecule has 0 aliphatic heterocycles. The summed E-state index contributed by atoms with van der Waals surface area (Å²) in [6, 6.07) is 3.88. The maximum absolute atomic E-state index is 14.2. The van der Waals surface area contributed by atoms with Crippen LogP contribution in [0.1, 0.15) is 16.3 Å². The lowest BCUT2D eigenvalue weighted by Crippen LogP contribution is -2.31. The number of aromatic nitrogens is 3. The number of carbonyl (C=O) groups is 2. The number of benzene rings is 1. The number of hydrogen-bond acceptors (Lipinski definition) is 5. The van der Waals surface area contributed by atoms with E-state index in [2.05, 4.69) is 10.3 Å². The van der Waals surface area contributed by atoms with E-state index in [-0.39, 0.29) is 23.5 Å². The molecule has 0 radical (unpaired) electrons. The molecular formula is C18H19FN4O4. The molecule has 0 spiro atoms. The Morgan fingerprint density at radius 1 is 1.37 bits per heavy atom. The average molecular weight is 374 g/mol. The van der Waals surface area contributed by atoms with E-state index in [1.807, 2.05) is 17.7 Å². The van der Waals surface area contributed by atoms with Gasteiger partial charge in [0.1, 0.15) is 18.1 Å². The van der Waals surface area contributed by atoms with Crippen molar-refractivity contribution in [3.8, 4) is 5.75 Å². The molecule has 0 saturated heterocycles. The van der Waals surface area contributed by atoms with Gasteiger partial charge in [0.2, 0.25) is 5.91 Å². The summed E-state index contributed by atoms with van der Waals surface area (Å²) >= 11 is 0. The van der Waals surface area contributed by atoms with Gasteiger partial charge in [0, 0.05) is 30.9 Å². The summed E-state index contributed by atoms with van der Waals surface area (Å²) in [6.45, 7) is 2.59. The molecule has 2 N–H and O–H groups in total. The predicted octanol–water partition coefficient (Wildman–Crippen LogP) is 1.59. The molecule has 8 nitrogen and oxygen atoms in total. The highest BCUT2D eigenvalue weighted by molar-refractivity contribution is 5.97. The number of aromatic hydroxyl groups is 1. The standard InChI is InChI=1S/C18H19FN4O4/c1-11-20-5-7-22(11)8-6-21-16(25)10-23-13-3-4-15(24)17(19)12(13)9-14(23)18(26)27-2/h3-5,7,9,24H,6,8,10H2,1-2H3,(H,21,25). The number of nitrogens with zero attached hydrogens (tertiary/aromatic N) is 3. The van der Waals surface area contributed by atoms with E-state index >= 15 is 0 Å².